The molecule has 2 aromatic rings. The Labute approximate surface area is 165 Å². The van der Waals surface area contributed by atoms with Gasteiger partial charge in [0.1, 0.15) is 4.90 Å². The smallest absolute Gasteiger partial charge is 0.347 e. The van der Waals surface area contributed by atoms with Crippen LogP contribution in [-0.4, -0.2) is 33.1 Å². The van der Waals surface area contributed by atoms with Crippen LogP contribution >= 0.6 is 23.2 Å². The Bertz CT molecular complexity index is 991. The second kappa shape index (κ2) is 7.75. The Morgan fingerprint density at radius 1 is 1.15 bits per heavy atom. The van der Waals surface area contributed by atoms with Crippen molar-refractivity contribution < 1.29 is 27.5 Å². The van der Waals surface area contributed by atoms with E-state index in [4.69, 9.17) is 32.7 Å². The van der Waals surface area contributed by atoms with Crippen molar-refractivity contribution in [2.24, 2.45) is 0 Å². The number of ether oxygens (including phenoxy) is 2. The minimum atomic E-state index is -4.08. The van der Waals surface area contributed by atoms with Crippen LogP contribution in [0.5, 0.6) is 0 Å². The summed E-state index contributed by atoms with van der Waals surface area (Å²) in [5.41, 5.74) is 0.215. The zero-order chi connectivity index (χ0) is 19.6. The van der Waals surface area contributed by atoms with Gasteiger partial charge in [-0.05, 0) is 42.5 Å². The van der Waals surface area contributed by atoms with Crippen molar-refractivity contribution >= 4 is 50.9 Å². The second-order valence-corrected chi connectivity index (χ2v) is 8.10. The van der Waals surface area contributed by atoms with Crippen LogP contribution < -0.4 is 4.72 Å². The lowest BCUT2D eigenvalue weighted by atomic mass is 10.2. The Kier molecular flexibility index (Phi) is 5.59. The molecule has 142 valence electrons. The summed E-state index contributed by atoms with van der Waals surface area (Å²) in [5.74, 6) is -1.48. The molecule has 1 atom stereocenters. The zero-order valence-corrected chi connectivity index (χ0v) is 16.0. The standard InChI is InChI=1S/C17H13Cl2NO6S/c18-11-2-4-12(5-3-11)20-27(23,24)15-9-10(1-6-13(15)19)16(21)26-14-7-8-25-17(14)22/h1-6,9,14,20H,7-8H2. The summed E-state index contributed by atoms with van der Waals surface area (Å²) in [6, 6.07) is 9.68. The van der Waals surface area contributed by atoms with Crippen LogP contribution in [0.15, 0.2) is 47.4 Å². The van der Waals surface area contributed by atoms with Gasteiger partial charge in [0.2, 0.25) is 6.10 Å². The van der Waals surface area contributed by atoms with Crippen LogP contribution in [0.4, 0.5) is 5.69 Å². The molecule has 3 rings (SSSR count). The summed E-state index contributed by atoms with van der Waals surface area (Å²) in [6.07, 6.45) is -0.748. The number of cyclic esters (lactones) is 1. The average molecular weight is 430 g/mol. The van der Waals surface area contributed by atoms with Crippen molar-refractivity contribution in [1.29, 1.82) is 0 Å². The van der Waals surface area contributed by atoms with E-state index in [0.717, 1.165) is 6.07 Å². The highest BCUT2D eigenvalue weighted by molar-refractivity contribution is 7.92. The highest BCUT2D eigenvalue weighted by atomic mass is 35.5. The number of benzene rings is 2. The number of hydrogen-bond acceptors (Lipinski definition) is 6. The molecule has 1 aliphatic heterocycles. The molecule has 1 N–H and O–H groups in total. The van der Waals surface area contributed by atoms with Crippen LogP contribution in [0.1, 0.15) is 16.8 Å². The quantitative estimate of drug-likeness (QED) is 0.732. The number of rotatable bonds is 5. The van der Waals surface area contributed by atoms with Crippen LogP contribution in [-0.2, 0) is 24.3 Å². The molecule has 1 fully saturated rings. The number of anilines is 1. The maximum absolute atomic E-state index is 12.6. The first-order valence-corrected chi connectivity index (χ1v) is 9.96. The van der Waals surface area contributed by atoms with E-state index in [1.165, 1.54) is 36.4 Å². The molecule has 0 spiro atoms. The van der Waals surface area contributed by atoms with E-state index in [-0.39, 0.29) is 34.2 Å². The van der Waals surface area contributed by atoms with Gasteiger partial charge in [0.25, 0.3) is 10.0 Å². The fourth-order valence-corrected chi connectivity index (χ4v) is 4.06. The third-order valence-corrected chi connectivity index (χ3v) is 5.80. The minimum absolute atomic E-state index is 0.0596. The number of hydrogen-bond donors (Lipinski definition) is 1. The second-order valence-electron chi connectivity index (χ2n) is 5.61. The van der Waals surface area contributed by atoms with E-state index < -0.39 is 28.1 Å². The lowest BCUT2D eigenvalue weighted by molar-refractivity contribution is -0.145. The fraction of sp³-hybridized carbons (Fsp3) is 0.176. The minimum Gasteiger partial charge on any atom is -0.463 e. The fourth-order valence-electron chi connectivity index (χ4n) is 2.35. The molecule has 0 amide bonds. The molecule has 2 aromatic carbocycles. The first-order chi connectivity index (χ1) is 12.8. The number of carbonyl (C=O) groups is 2. The van der Waals surface area contributed by atoms with Crippen molar-refractivity contribution in [3.8, 4) is 0 Å². The molecular formula is C17H13Cl2NO6S. The van der Waals surface area contributed by atoms with E-state index >= 15 is 0 Å². The number of carbonyl (C=O) groups excluding carboxylic acids is 2. The monoisotopic (exact) mass is 429 g/mol. The largest absolute Gasteiger partial charge is 0.463 e. The SMILES string of the molecule is O=C(OC1CCOC1=O)c1ccc(Cl)c(S(=O)(=O)Nc2ccc(Cl)cc2)c1. The van der Waals surface area contributed by atoms with Gasteiger partial charge in [-0.1, -0.05) is 23.2 Å². The lowest BCUT2D eigenvalue weighted by Gasteiger charge is -2.12. The zero-order valence-electron chi connectivity index (χ0n) is 13.6. The molecule has 0 aliphatic carbocycles. The molecule has 0 saturated carbocycles. The van der Waals surface area contributed by atoms with E-state index in [0.29, 0.717) is 5.02 Å². The van der Waals surface area contributed by atoms with E-state index in [9.17, 15) is 18.0 Å². The molecule has 0 aromatic heterocycles. The Morgan fingerprint density at radius 2 is 1.85 bits per heavy atom. The van der Waals surface area contributed by atoms with Gasteiger partial charge in [-0.2, -0.15) is 0 Å². The molecule has 27 heavy (non-hydrogen) atoms. The third kappa shape index (κ3) is 4.52. The Morgan fingerprint density at radius 3 is 2.48 bits per heavy atom. The van der Waals surface area contributed by atoms with Crippen molar-refractivity contribution in [2.75, 3.05) is 11.3 Å². The topological polar surface area (TPSA) is 98.8 Å². The Balaban J connectivity index is 1.84. The molecule has 1 unspecified atom stereocenters. The summed E-state index contributed by atoms with van der Waals surface area (Å²) in [5, 5.41) is 0.374. The molecular weight excluding hydrogens is 417 g/mol. The normalized spacial score (nSPS) is 16.7. The Hall–Kier alpha value is -2.29. The summed E-state index contributed by atoms with van der Waals surface area (Å²) in [6.45, 7) is 0.169. The van der Waals surface area contributed by atoms with Crippen LogP contribution in [0.3, 0.4) is 0 Å². The number of sulfonamides is 1. The summed E-state index contributed by atoms with van der Waals surface area (Å²) < 4.78 is 37.4. The van der Waals surface area contributed by atoms with Gasteiger partial charge in [-0.15, -0.1) is 0 Å². The van der Waals surface area contributed by atoms with Crippen LogP contribution in [0.25, 0.3) is 0 Å². The van der Waals surface area contributed by atoms with Crippen LogP contribution in [0.2, 0.25) is 10.0 Å². The van der Waals surface area contributed by atoms with E-state index in [2.05, 4.69) is 4.72 Å². The highest BCUT2D eigenvalue weighted by Gasteiger charge is 2.31. The highest BCUT2D eigenvalue weighted by Crippen LogP contribution is 2.26. The molecule has 10 heteroatoms. The van der Waals surface area contributed by atoms with Gasteiger partial charge < -0.3 is 9.47 Å². The first kappa shape index (κ1) is 19.5. The molecule has 0 bridgehead atoms. The predicted molar refractivity (Wildman–Crippen MR) is 98.5 cm³/mol. The summed E-state index contributed by atoms with van der Waals surface area (Å²) >= 11 is 11.8. The van der Waals surface area contributed by atoms with Gasteiger partial charge in [0.05, 0.1) is 17.2 Å². The number of esters is 2. The lowest BCUT2D eigenvalue weighted by Crippen LogP contribution is -2.23. The van der Waals surface area contributed by atoms with Crippen molar-refractivity contribution in [3.05, 3.63) is 58.1 Å². The molecule has 1 heterocycles. The van der Waals surface area contributed by atoms with Gasteiger partial charge >= 0.3 is 11.9 Å². The third-order valence-electron chi connectivity index (χ3n) is 3.69. The van der Waals surface area contributed by atoms with Gasteiger partial charge in [-0.25, -0.2) is 18.0 Å². The van der Waals surface area contributed by atoms with E-state index in [1.54, 1.807) is 0 Å². The first-order valence-electron chi connectivity index (χ1n) is 7.72. The van der Waals surface area contributed by atoms with Crippen molar-refractivity contribution in [2.45, 2.75) is 17.4 Å². The summed E-state index contributed by atoms with van der Waals surface area (Å²) in [7, 11) is -4.08. The average Bonchev–Trinajstić information content (AvgIpc) is 3.01. The maximum atomic E-state index is 12.6. The van der Waals surface area contributed by atoms with Crippen molar-refractivity contribution in [1.82, 2.24) is 0 Å². The van der Waals surface area contributed by atoms with Gasteiger partial charge in [0, 0.05) is 17.1 Å². The van der Waals surface area contributed by atoms with Crippen molar-refractivity contribution in [3.63, 3.8) is 0 Å². The van der Waals surface area contributed by atoms with Gasteiger partial charge in [0.15, 0.2) is 0 Å². The number of halogens is 2. The van der Waals surface area contributed by atoms with Crippen LogP contribution in [0, 0.1) is 0 Å². The molecule has 0 radical (unpaired) electrons. The molecule has 1 aliphatic rings. The predicted octanol–water partition coefficient (Wildman–Crippen LogP) is 3.27. The molecule has 7 nitrogen and oxygen atoms in total. The summed E-state index contributed by atoms with van der Waals surface area (Å²) in [4.78, 5) is 23.3. The van der Waals surface area contributed by atoms with E-state index in [1.807, 2.05) is 0 Å². The van der Waals surface area contributed by atoms with Gasteiger partial charge in [-0.3, -0.25) is 4.72 Å². The maximum Gasteiger partial charge on any atom is 0.347 e. The molecule has 1 saturated heterocycles. The number of nitrogens with one attached hydrogen (secondary N) is 1.